The van der Waals surface area contributed by atoms with Crippen molar-refractivity contribution in [3.63, 3.8) is 0 Å². The van der Waals surface area contributed by atoms with Crippen molar-refractivity contribution in [3.8, 4) is 23.0 Å². The van der Waals surface area contributed by atoms with E-state index in [0.717, 1.165) is 41.5 Å². The van der Waals surface area contributed by atoms with Gasteiger partial charge in [-0.3, -0.25) is 9.59 Å². The highest BCUT2D eigenvalue weighted by Gasteiger charge is 2.13. The Bertz CT molecular complexity index is 1140. The first-order chi connectivity index (χ1) is 16.1. The van der Waals surface area contributed by atoms with Gasteiger partial charge in [0.25, 0.3) is 0 Å². The van der Waals surface area contributed by atoms with Gasteiger partial charge in [-0.15, -0.1) is 0 Å². The van der Waals surface area contributed by atoms with Gasteiger partial charge in [0.15, 0.2) is 5.78 Å². The third kappa shape index (κ3) is 7.45. The van der Waals surface area contributed by atoms with Gasteiger partial charge in [0, 0.05) is 24.0 Å². The molecule has 0 aliphatic heterocycles. The van der Waals surface area contributed by atoms with E-state index in [1.165, 1.54) is 5.56 Å². The van der Waals surface area contributed by atoms with Crippen molar-refractivity contribution >= 4 is 11.8 Å². The summed E-state index contributed by atoms with van der Waals surface area (Å²) in [6.07, 6.45) is 2.97. The molecule has 0 unspecified atom stereocenters. The fourth-order valence-electron chi connectivity index (χ4n) is 3.70. The van der Waals surface area contributed by atoms with Gasteiger partial charge in [-0.1, -0.05) is 66.4 Å². The lowest BCUT2D eigenvalue weighted by molar-refractivity contribution is -0.136. The molecule has 0 saturated carbocycles. The van der Waals surface area contributed by atoms with Crippen molar-refractivity contribution in [3.05, 3.63) is 95.1 Å². The fraction of sp³-hybridized carbons (Fsp3) is 0.241. The van der Waals surface area contributed by atoms with E-state index in [9.17, 15) is 9.59 Å². The first-order valence-electron chi connectivity index (χ1n) is 11.2. The summed E-state index contributed by atoms with van der Waals surface area (Å²) >= 11 is 0. The number of aliphatic hydroxyl groups excluding tert-OH is 1. The smallest absolute Gasteiger partial charge is 0.303 e. The van der Waals surface area contributed by atoms with Crippen LogP contribution in [0.3, 0.4) is 0 Å². The highest BCUT2D eigenvalue weighted by molar-refractivity contribution is 5.98. The zero-order valence-corrected chi connectivity index (χ0v) is 18.6. The number of rotatable bonds is 10. The maximum Gasteiger partial charge on any atom is 0.303 e. The van der Waals surface area contributed by atoms with E-state index in [0.29, 0.717) is 12.0 Å². The first-order valence-corrected chi connectivity index (χ1v) is 11.2. The standard InChI is InChI=1S/C29H28O4/c30-20-5-4-9-23-12-14-24(15-13-23)27-17-16-26(28(31)18-19-29(32)33)21-25(27)11-6-10-22-7-2-1-3-8-22/h1-3,7-8,12-17,21,30H,5-6,10-11,18-20H2,(H,32,33). The van der Waals surface area contributed by atoms with Crippen molar-refractivity contribution in [2.45, 2.75) is 38.5 Å². The maximum absolute atomic E-state index is 12.5. The number of aryl methyl sites for hydroxylation is 2. The average Bonchev–Trinajstić information content (AvgIpc) is 2.84. The van der Waals surface area contributed by atoms with Gasteiger partial charge < -0.3 is 10.2 Å². The lowest BCUT2D eigenvalue weighted by Crippen LogP contribution is -2.05. The molecule has 0 aliphatic rings. The second-order valence-electron chi connectivity index (χ2n) is 7.88. The zero-order chi connectivity index (χ0) is 23.5. The molecule has 33 heavy (non-hydrogen) atoms. The molecule has 0 spiro atoms. The minimum atomic E-state index is -0.967. The lowest BCUT2D eigenvalue weighted by Gasteiger charge is -2.13. The highest BCUT2D eigenvalue weighted by atomic mass is 16.4. The molecule has 0 aromatic heterocycles. The van der Waals surface area contributed by atoms with E-state index in [4.69, 9.17) is 10.2 Å². The Balaban J connectivity index is 1.83. The van der Waals surface area contributed by atoms with Crippen LogP contribution in [-0.4, -0.2) is 28.6 Å². The van der Waals surface area contributed by atoms with Crippen LogP contribution in [0.15, 0.2) is 72.8 Å². The number of ketones is 1. The molecule has 0 saturated heterocycles. The van der Waals surface area contributed by atoms with Crippen LogP contribution in [-0.2, 0) is 17.6 Å². The Morgan fingerprint density at radius 1 is 0.848 bits per heavy atom. The number of benzene rings is 3. The monoisotopic (exact) mass is 440 g/mol. The second-order valence-corrected chi connectivity index (χ2v) is 7.88. The second kappa shape index (κ2) is 12.4. The van der Waals surface area contributed by atoms with Gasteiger partial charge in [-0.25, -0.2) is 0 Å². The minimum absolute atomic E-state index is 0.000653. The van der Waals surface area contributed by atoms with Gasteiger partial charge >= 0.3 is 5.97 Å². The number of Topliss-reactive ketones (excluding diaryl/α,β-unsaturated/α-hetero) is 1. The van der Waals surface area contributed by atoms with Gasteiger partial charge in [0.1, 0.15) is 0 Å². The summed E-state index contributed by atoms with van der Waals surface area (Å²) in [6, 6.07) is 23.9. The van der Waals surface area contributed by atoms with Crippen molar-refractivity contribution in [2.24, 2.45) is 0 Å². The van der Waals surface area contributed by atoms with Gasteiger partial charge in [0.05, 0.1) is 13.0 Å². The highest BCUT2D eigenvalue weighted by Crippen LogP contribution is 2.27. The number of carboxylic acids is 1. The molecule has 4 heteroatoms. The van der Waals surface area contributed by atoms with Crippen LogP contribution in [0.5, 0.6) is 0 Å². The number of carboxylic acid groups (broad SMARTS) is 1. The third-order valence-corrected chi connectivity index (χ3v) is 5.41. The molecule has 0 radical (unpaired) electrons. The molecule has 0 atom stereocenters. The Kier molecular flexibility index (Phi) is 8.99. The molecular formula is C29H28O4. The fourth-order valence-corrected chi connectivity index (χ4v) is 3.70. The van der Waals surface area contributed by atoms with Crippen molar-refractivity contribution in [1.29, 1.82) is 0 Å². The molecule has 4 nitrogen and oxygen atoms in total. The summed E-state index contributed by atoms with van der Waals surface area (Å²) in [5.41, 5.74) is 5.90. The Morgan fingerprint density at radius 2 is 1.61 bits per heavy atom. The van der Waals surface area contributed by atoms with Crippen molar-refractivity contribution < 1.29 is 19.8 Å². The van der Waals surface area contributed by atoms with Gasteiger partial charge in [-0.05, 0) is 59.7 Å². The van der Waals surface area contributed by atoms with Crippen LogP contribution >= 0.6 is 0 Å². The number of aliphatic carboxylic acids is 1. The van der Waals surface area contributed by atoms with Gasteiger partial charge in [-0.2, -0.15) is 0 Å². The molecule has 168 valence electrons. The molecule has 0 bridgehead atoms. The van der Waals surface area contributed by atoms with Crippen LogP contribution in [0.2, 0.25) is 0 Å². The van der Waals surface area contributed by atoms with Crippen LogP contribution in [0.1, 0.15) is 52.7 Å². The first kappa shape index (κ1) is 24.0. The summed E-state index contributed by atoms with van der Waals surface area (Å²) in [4.78, 5) is 23.4. The van der Waals surface area contributed by atoms with Crippen molar-refractivity contribution in [1.82, 2.24) is 0 Å². The van der Waals surface area contributed by atoms with E-state index < -0.39 is 5.97 Å². The molecule has 0 fully saturated rings. The topological polar surface area (TPSA) is 74.6 Å². The maximum atomic E-state index is 12.5. The summed E-state index contributed by atoms with van der Waals surface area (Å²) < 4.78 is 0. The van der Waals surface area contributed by atoms with E-state index in [1.807, 2.05) is 54.6 Å². The SMILES string of the molecule is O=C(O)CCC(=O)c1ccc(-c2ccc(C#CCCO)cc2)c(CCCc2ccccc2)c1. The third-order valence-electron chi connectivity index (χ3n) is 5.41. The average molecular weight is 441 g/mol. The number of hydrogen-bond donors (Lipinski definition) is 2. The van der Waals surface area contributed by atoms with E-state index in [2.05, 4.69) is 24.0 Å². The largest absolute Gasteiger partial charge is 0.481 e. The molecule has 0 amide bonds. The molecule has 3 rings (SSSR count). The molecule has 3 aromatic carbocycles. The Morgan fingerprint density at radius 3 is 2.30 bits per heavy atom. The molecule has 0 heterocycles. The predicted octanol–water partition coefficient (Wildman–Crippen LogP) is 5.31. The number of carbonyl (C=O) groups excluding carboxylic acids is 1. The molecule has 0 aliphatic carbocycles. The van der Waals surface area contributed by atoms with Gasteiger partial charge in [0.2, 0.25) is 0 Å². The summed E-state index contributed by atoms with van der Waals surface area (Å²) in [5.74, 6) is 4.84. The van der Waals surface area contributed by atoms with E-state index in [-0.39, 0.29) is 25.2 Å². The van der Waals surface area contributed by atoms with E-state index in [1.54, 1.807) is 6.07 Å². The molecular weight excluding hydrogens is 412 g/mol. The normalized spacial score (nSPS) is 10.3. The lowest BCUT2D eigenvalue weighted by atomic mass is 9.91. The molecule has 2 N–H and O–H groups in total. The summed E-state index contributed by atoms with van der Waals surface area (Å²) in [7, 11) is 0. The Hall–Kier alpha value is -3.68. The summed E-state index contributed by atoms with van der Waals surface area (Å²) in [5, 5.41) is 17.8. The van der Waals surface area contributed by atoms with Crippen LogP contribution in [0.25, 0.3) is 11.1 Å². The number of aliphatic hydroxyl groups is 1. The number of carbonyl (C=O) groups is 2. The quantitative estimate of drug-likeness (QED) is 0.331. The Labute approximate surface area is 194 Å². The predicted molar refractivity (Wildman–Crippen MR) is 130 cm³/mol. The van der Waals surface area contributed by atoms with E-state index >= 15 is 0 Å². The van der Waals surface area contributed by atoms with Crippen LogP contribution in [0, 0.1) is 11.8 Å². The minimum Gasteiger partial charge on any atom is -0.481 e. The molecule has 3 aromatic rings. The van der Waals surface area contributed by atoms with Crippen molar-refractivity contribution in [2.75, 3.05) is 6.61 Å². The zero-order valence-electron chi connectivity index (χ0n) is 18.6. The summed E-state index contributed by atoms with van der Waals surface area (Å²) in [6.45, 7) is 0.0506. The van der Waals surface area contributed by atoms with Crippen LogP contribution < -0.4 is 0 Å². The van der Waals surface area contributed by atoms with Crippen LogP contribution in [0.4, 0.5) is 0 Å². The number of hydrogen-bond acceptors (Lipinski definition) is 3.